The number of primary amides is 1. The second-order valence-electron chi connectivity index (χ2n) is 4.84. The number of thiazole rings is 1. The molecule has 1 aromatic heterocycles. The lowest BCUT2D eigenvalue weighted by molar-refractivity contribution is 0.0995. The van der Waals surface area contributed by atoms with Crippen LogP contribution >= 0.6 is 11.3 Å². The number of nitrogens with one attached hydrogen (secondary N) is 1. The molecule has 2 amide bonds. The lowest BCUT2D eigenvalue weighted by Crippen LogP contribution is -2.14. The van der Waals surface area contributed by atoms with E-state index < -0.39 is 5.91 Å². The quantitative estimate of drug-likeness (QED) is 0.780. The van der Waals surface area contributed by atoms with Crippen molar-refractivity contribution in [2.45, 2.75) is 6.92 Å². The van der Waals surface area contributed by atoms with Crippen molar-refractivity contribution < 1.29 is 9.59 Å². The van der Waals surface area contributed by atoms with E-state index >= 15 is 0 Å². The van der Waals surface area contributed by atoms with Gasteiger partial charge in [-0.1, -0.05) is 23.5 Å². The van der Waals surface area contributed by atoms with Crippen molar-refractivity contribution in [3.05, 3.63) is 59.2 Å². The molecule has 3 rings (SSSR count). The fourth-order valence-corrected chi connectivity index (χ4v) is 3.03. The molecule has 5 nitrogen and oxygen atoms in total. The third-order valence-corrected chi connectivity index (χ3v) is 4.21. The molecule has 0 fully saturated rings. The first-order valence-corrected chi connectivity index (χ1v) is 7.43. The van der Waals surface area contributed by atoms with Gasteiger partial charge in [0.25, 0.3) is 5.91 Å². The highest BCUT2D eigenvalue weighted by atomic mass is 32.1. The van der Waals surface area contributed by atoms with E-state index in [1.807, 2.05) is 25.1 Å². The van der Waals surface area contributed by atoms with Crippen LogP contribution in [0.3, 0.4) is 0 Å². The van der Waals surface area contributed by atoms with Crippen LogP contribution in [0.15, 0.2) is 42.5 Å². The third kappa shape index (κ3) is 2.68. The second-order valence-corrected chi connectivity index (χ2v) is 5.87. The number of benzene rings is 2. The number of aryl methyl sites for hydroxylation is 1. The molecule has 3 aromatic rings. The Kier molecular flexibility index (Phi) is 3.60. The van der Waals surface area contributed by atoms with Gasteiger partial charge in [0.05, 0.1) is 10.2 Å². The first kappa shape index (κ1) is 14.2. The van der Waals surface area contributed by atoms with Gasteiger partial charge in [-0.15, -0.1) is 0 Å². The summed E-state index contributed by atoms with van der Waals surface area (Å²) in [4.78, 5) is 27.7. The van der Waals surface area contributed by atoms with Gasteiger partial charge in [-0.2, -0.15) is 0 Å². The number of para-hydroxylation sites is 1. The lowest BCUT2D eigenvalue weighted by atomic mass is 10.1. The summed E-state index contributed by atoms with van der Waals surface area (Å²) in [6, 6.07) is 12.1. The van der Waals surface area contributed by atoms with E-state index in [4.69, 9.17) is 5.73 Å². The maximum atomic E-state index is 12.2. The summed E-state index contributed by atoms with van der Waals surface area (Å²) in [5, 5.41) is 3.33. The number of carbonyl (C=O) groups excluding carboxylic acids is 2. The van der Waals surface area contributed by atoms with Crippen molar-refractivity contribution in [2.75, 3.05) is 5.32 Å². The standard InChI is InChI=1S/C16H13N3O2S/c1-9-3-2-4-12-13(9)18-16(22-12)19-15(21)11-7-5-10(6-8-11)14(17)20/h2-8H,1H3,(H2,17,20)(H,18,19,21). The Morgan fingerprint density at radius 1 is 1.09 bits per heavy atom. The zero-order valence-corrected chi connectivity index (χ0v) is 12.6. The summed E-state index contributed by atoms with van der Waals surface area (Å²) in [5.41, 5.74) is 7.95. The predicted molar refractivity (Wildman–Crippen MR) is 87.3 cm³/mol. The molecule has 0 unspecified atom stereocenters. The normalized spacial score (nSPS) is 10.6. The Labute approximate surface area is 130 Å². The molecule has 0 aliphatic rings. The topological polar surface area (TPSA) is 85.1 Å². The number of carbonyl (C=O) groups is 2. The number of hydrogen-bond donors (Lipinski definition) is 2. The summed E-state index contributed by atoms with van der Waals surface area (Å²) in [7, 11) is 0. The van der Waals surface area contributed by atoms with Gasteiger partial charge in [-0.25, -0.2) is 4.98 Å². The zero-order chi connectivity index (χ0) is 15.7. The Hall–Kier alpha value is -2.73. The first-order valence-electron chi connectivity index (χ1n) is 6.62. The van der Waals surface area contributed by atoms with Gasteiger partial charge in [-0.3, -0.25) is 14.9 Å². The van der Waals surface area contributed by atoms with E-state index in [0.29, 0.717) is 16.3 Å². The van der Waals surface area contributed by atoms with Gasteiger partial charge in [0.2, 0.25) is 5.91 Å². The Morgan fingerprint density at radius 3 is 2.41 bits per heavy atom. The number of fused-ring (bicyclic) bond motifs is 1. The van der Waals surface area contributed by atoms with Crippen LogP contribution in [0.2, 0.25) is 0 Å². The van der Waals surface area contributed by atoms with Gasteiger partial charge in [0, 0.05) is 11.1 Å². The minimum atomic E-state index is -0.520. The number of rotatable bonds is 3. The molecule has 0 aliphatic heterocycles. The minimum Gasteiger partial charge on any atom is -0.366 e. The maximum Gasteiger partial charge on any atom is 0.257 e. The van der Waals surface area contributed by atoms with Crippen molar-refractivity contribution >= 4 is 38.5 Å². The molecular weight excluding hydrogens is 298 g/mol. The smallest absolute Gasteiger partial charge is 0.257 e. The number of amides is 2. The average Bonchev–Trinajstić information content (AvgIpc) is 2.91. The van der Waals surface area contributed by atoms with Crippen LogP contribution in [0.25, 0.3) is 10.2 Å². The van der Waals surface area contributed by atoms with E-state index in [-0.39, 0.29) is 5.91 Å². The second kappa shape index (κ2) is 5.57. The SMILES string of the molecule is Cc1cccc2sc(NC(=O)c3ccc(C(N)=O)cc3)nc12. The number of aromatic nitrogens is 1. The predicted octanol–water partition coefficient (Wildman–Crippen LogP) is 2.96. The third-order valence-electron chi connectivity index (χ3n) is 3.27. The molecule has 0 atom stereocenters. The summed E-state index contributed by atoms with van der Waals surface area (Å²) in [6.07, 6.45) is 0. The number of nitrogens with two attached hydrogens (primary N) is 1. The molecule has 0 saturated carbocycles. The molecule has 0 saturated heterocycles. The molecule has 2 aromatic carbocycles. The van der Waals surface area contributed by atoms with Crippen molar-refractivity contribution in [3.63, 3.8) is 0 Å². The van der Waals surface area contributed by atoms with Crippen LogP contribution in [0, 0.1) is 6.92 Å². The fourth-order valence-electron chi connectivity index (χ4n) is 2.09. The van der Waals surface area contributed by atoms with Crippen molar-refractivity contribution in [1.29, 1.82) is 0 Å². The monoisotopic (exact) mass is 311 g/mol. The number of hydrogen-bond acceptors (Lipinski definition) is 4. The van der Waals surface area contributed by atoms with Crippen molar-refractivity contribution in [3.8, 4) is 0 Å². The van der Waals surface area contributed by atoms with Gasteiger partial charge in [0.1, 0.15) is 0 Å². The molecule has 0 aliphatic carbocycles. The summed E-state index contributed by atoms with van der Waals surface area (Å²) in [6.45, 7) is 1.98. The van der Waals surface area contributed by atoms with E-state index in [1.165, 1.54) is 23.5 Å². The highest BCUT2D eigenvalue weighted by molar-refractivity contribution is 7.22. The molecule has 22 heavy (non-hydrogen) atoms. The summed E-state index contributed by atoms with van der Waals surface area (Å²) in [5.74, 6) is -0.790. The maximum absolute atomic E-state index is 12.2. The lowest BCUT2D eigenvalue weighted by Gasteiger charge is -2.02. The molecule has 3 N–H and O–H groups in total. The van der Waals surface area contributed by atoms with Crippen LogP contribution < -0.4 is 11.1 Å². The highest BCUT2D eigenvalue weighted by Crippen LogP contribution is 2.28. The highest BCUT2D eigenvalue weighted by Gasteiger charge is 2.11. The first-order chi connectivity index (χ1) is 10.5. The van der Waals surface area contributed by atoms with Gasteiger partial charge in [-0.05, 0) is 42.8 Å². The number of anilines is 1. The molecule has 6 heteroatoms. The zero-order valence-electron chi connectivity index (χ0n) is 11.8. The van der Waals surface area contributed by atoms with Crippen molar-refractivity contribution in [1.82, 2.24) is 4.98 Å². The van der Waals surface area contributed by atoms with Crippen LogP contribution in [0.4, 0.5) is 5.13 Å². The molecule has 0 spiro atoms. The van der Waals surface area contributed by atoms with Crippen LogP contribution in [0.1, 0.15) is 26.3 Å². The van der Waals surface area contributed by atoms with Crippen LogP contribution in [-0.2, 0) is 0 Å². The molecule has 1 heterocycles. The average molecular weight is 311 g/mol. The number of nitrogens with zero attached hydrogens (tertiary/aromatic N) is 1. The molecule has 110 valence electrons. The van der Waals surface area contributed by atoms with Crippen LogP contribution in [0.5, 0.6) is 0 Å². The molecule has 0 bridgehead atoms. The van der Waals surface area contributed by atoms with E-state index in [0.717, 1.165) is 15.8 Å². The van der Waals surface area contributed by atoms with Crippen LogP contribution in [-0.4, -0.2) is 16.8 Å². The summed E-state index contributed by atoms with van der Waals surface area (Å²) >= 11 is 1.43. The van der Waals surface area contributed by atoms with E-state index in [1.54, 1.807) is 12.1 Å². The Bertz CT molecular complexity index is 869. The van der Waals surface area contributed by atoms with Crippen molar-refractivity contribution in [2.24, 2.45) is 5.73 Å². The minimum absolute atomic E-state index is 0.271. The van der Waals surface area contributed by atoms with Gasteiger partial charge < -0.3 is 5.73 Å². The Morgan fingerprint density at radius 2 is 1.77 bits per heavy atom. The van der Waals surface area contributed by atoms with E-state index in [2.05, 4.69) is 10.3 Å². The van der Waals surface area contributed by atoms with Gasteiger partial charge in [0.15, 0.2) is 5.13 Å². The molecule has 0 radical (unpaired) electrons. The van der Waals surface area contributed by atoms with E-state index in [9.17, 15) is 9.59 Å². The summed E-state index contributed by atoms with van der Waals surface area (Å²) < 4.78 is 1.03. The van der Waals surface area contributed by atoms with Gasteiger partial charge >= 0.3 is 0 Å². The Balaban J connectivity index is 1.83. The largest absolute Gasteiger partial charge is 0.366 e. The molecular formula is C16H13N3O2S. The fraction of sp³-hybridized carbons (Fsp3) is 0.0625.